The first-order valence-corrected chi connectivity index (χ1v) is 11.2. The van der Waals surface area contributed by atoms with Gasteiger partial charge in [-0.2, -0.15) is 0 Å². The fraction of sp³-hybridized carbons (Fsp3) is 0.417. The van der Waals surface area contributed by atoms with Gasteiger partial charge in [-0.05, 0) is 67.0 Å². The number of rotatable bonds is 7. The van der Waals surface area contributed by atoms with Gasteiger partial charge in [-0.15, -0.1) is 0 Å². The Bertz CT molecular complexity index is 926. The number of carbonyl (C=O) groups excluding carboxylic acids is 1. The number of carbonyl (C=O) groups is 2. The number of nitrogens with zero attached hydrogens (tertiary/aromatic N) is 1. The molecule has 1 heterocycles. The van der Waals surface area contributed by atoms with Crippen LogP contribution in [0.2, 0.25) is 10.0 Å². The number of carboxylic acid groups (broad SMARTS) is 1. The summed E-state index contributed by atoms with van der Waals surface area (Å²) in [5, 5.41) is 10.5. The van der Waals surface area contributed by atoms with Gasteiger partial charge in [0.1, 0.15) is 0 Å². The third-order valence-corrected chi connectivity index (χ3v) is 6.72. The lowest BCUT2D eigenvalue weighted by Crippen LogP contribution is -2.47. The number of hydrogen-bond donors (Lipinski definition) is 1. The van der Waals surface area contributed by atoms with Gasteiger partial charge >= 0.3 is 5.97 Å². The number of hydrogen-bond acceptors (Lipinski definition) is 2. The highest BCUT2D eigenvalue weighted by molar-refractivity contribution is 6.30. The molecule has 2 aliphatic rings. The zero-order valence-corrected chi connectivity index (χ0v) is 18.1. The Kier molecular flexibility index (Phi) is 6.35. The third-order valence-electron chi connectivity index (χ3n) is 6.23. The molecule has 2 fully saturated rings. The first-order valence-electron chi connectivity index (χ1n) is 10.5. The summed E-state index contributed by atoms with van der Waals surface area (Å²) in [5.41, 5.74) is 2.13. The maximum absolute atomic E-state index is 13.5. The molecule has 1 amide bonds. The molecule has 2 aromatic carbocycles. The van der Waals surface area contributed by atoms with E-state index in [0.717, 1.165) is 24.0 Å². The number of amides is 1. The molecule has 0 unspecified atom stereocenters. The molecule has 4 rings (SSSR count). The van der Waals surface area contributed by atoms with Gasteiger partial charge < -0.3 is 10.0 Å². The Labute approximate surface area is 186 Å². The summed E-state index contributed by atoms with van der Waals surface area (Å²) in [4.78, 5) is 26.7. The van der Waals surface area contributed by atoms with Crippen molar-refractivity contribution in [2.75, 3.05) is 6.54 Å². The molecule has 1 saturated heterocycles. The minimum absolute atomic E-state index is 0.00154. The Morgan fingerprint density at radius 1 is 1.03 bits per heavy atom. The van der Waals surface area contributed by atoms with Gasteiger partial charge in [0.15, 0.2) is 0 Å². The lowest BCUT2D eigenvalue weighted by Gasteiger charge is -2.45. The number of piperidine rings is 1. The number of carboxylic acids is 1. The highest BCUT2D eigenvalue weighted by atomic mass is 35.5. The van der Waals surface area contributed by atoms with Crippen LogP contribution >= 0.6 is 23.2 Å². The molecular formula is C24H25Cl2NO3. The van der Waals surface area contributed by atoms with Crippen LogP contribution in [-0.2, 0) is 9.59 Å². The summed E-state index contributed by atoms with van der Waals surface area (Å²) in [5.74, 6) is -0.522. The molecule has 2 aromatic rings. The average molecular weight is 446 g/mol. The zero-order valence-electron chi connectivity index (χ0n) is 16.6. The molecule has 6 heteroatoms. The standard InChI is InChI=1S/C24H25Cl2NO3/c25-19-9-6-16(7-10-19)23-21(17-2-1-3-20(26)12-17)13-18(8-11-22(28)29)24(30)27(23)14-15-4-5-15/h1-3,6-7,9-10,12,15,18,21,23H,4-5,8,11,13-14H2,(H,28,29)/t18-,21-,23-/m1/s1. The van der Waals surface area contributed by atoms with E-state index in [9.17, 15) is 14.7 Å². The van der Waals surface area contributed by atoms with E-state index in [4.69, 9.17) is 23.2 Å². The normalized spacial score (nSPS) is 24.1. The van der Waals surface area contributed by atoms with Crippen LogP contribution in [0.1, 0.15) is 55.2 Å². The van der Waals surface area contributed by atoms with Crippen LogP contribution in [0.4, 0.5) is 0 Å². The summed E-state index contributed by atoms with van der Waals surface area (Å²) < 4.78 is 0. The second kappa shape index (κ2) is 8.99. The predicted molar refractivity (Wildman–Crippen MR) is 118 cm³/mol. The smallest absolute Gasteiger partial charge is 0.303 e. The zero-order chi connectivity index (χ0) is 21.3. The van der Waals surface area contributed by atoms with Gasteiger partial charge in [-0.25, -0.2) is 0 Å². The maximum atomic E-state index is 13.5. The van der Waals surface area contributed by atoms with Crippen LogP contribution in [0.15, 0.2) is 48.5 Å². The van der Waals surface area contributed by atoms with Gasteiger partial charge in [0.05, 0.1) is 6.04 Å². The van der Waals surface area contributed by atoms with Crippen LogP contribution in [0, 0.1) is 11.8 Å². The molecule has 0 radical (unpaired) electrons. The first-order chi connectivity index (χ1) is 14.4. The van der Waals surface area contributed by atoms with Crippen LogP contribution in [0.3, 0.4) is 0 Å². The van der Waals surface area contributed by atoms with E-state index in [1.54, 1.807) is 0 Å². The molecule has 3 atom stereocenters. The van der Waals surface area contributed by atoms with Crippen molar-refractivity contribution in [3.8, 4) is 0 Å². The maximum Gasteiger partial charge on any atom is 0.303 e. The summed E-state index contributed by atoms with van der Waals surface area (Å²) in [6.45, 7) is 0.715. The molecule has 0 aromatic heterocycles. The molecule has 30 heavy (non-hydrogen) atoms. The van der Waals surface area contributed by atoms with E-state index in [1.165, 1.54) is 0 Å². The molecule has 0 spiro atoms. The van der Waals surface area contributed by atoms with Gasteiger partial charge in [0.2, 0.25) is 5.91 Å². The van der Waals surface area contributed by atoms with Crippen LogP contribution < -0.4 is 0 Å². The highest BCUT2D eigenvalue weighted by Gasteiger charge is 2.44. The second-order valence-corrected chi connectivity index (χ2v) is 9.33. The average Bonchev–Trinajstić information content (AvgIpc) is 3.53. The first kappa shape index (κ1) is 21.2. The molecule has 1 N–H and O–H groups in total. The third kappa shape index (κ3) is 4.81. The molecule has 1 aliphatic carbocycles. The predicted octanol–water partition coefficient (Wildman–Crippen LogP) is 5.94. The lowest BCUT2D eigenvalue weighted by molar-refractivity contribution is -0.145. The SMILES string of the molecule is O=C(O)CC[C@@H]1C[C@H](c2cccc(Cl)c2)[C@@H](c2ccc(Cl)cc2)N(CC2CC2)C1=O. The van der Waals surface area contributed by atoms with Crippen LogP contribution in [0.25, 0.3) is 0 Å². The lowest BCUT2D eigenvalue weighted by atomic mass is 9.74. The van der Waals surface area contributed by atoms with Gasteiger partial charge in [0.25, 0.3) is 0 Å². The monoisotopic (exact) mass is 445 g/mol. The summed E-state index contributed by atoms with van der Waals surface area (Å²) in [7, 11) is 0. The van der Waals surface area contributed by atoms with E-state index >= 15 is 0 Å². The van der Waals surface area contributed by atoms with Crippen LogP contribution in [0.5, 0.6) is 0 Å². The Morgan fingerprint density at radius 3 is 2.40 bits per heavy atom. The van der Waals surface area contributed by atoms with Gasteiger partial charge in [0, 0.05) is 34.8 Å². The summed E-state index contributed by atoms with van der Waals surface area (Å²) in [6, 6.07) is 15.4. The van der Waals surface area contributed by atoms with E-state index in [0.29, 0.717) is 35.3 Å². The van der Waals surface area contributed by atoms with Crippen molar-refractivity contribution in [1.82, 2.24) is 4.90 Å². The van der Waals surface area contributed by atoms with Crippen LogP contribution in [-0.4, -0.2) is 28.4 Å². The topological polar surface area (TPSA) is 57.6 Å². The highest BCUT2D eigenvalue weighted by Crippen LogP contribution is 2.48. The van der Waals surface area contributed by atoms with Crippen molar-refractivity contribution in [2.45, 2.75) is 44.1 Å². The summed E-state index contributed by atoms with van der Waals surface area (Å²) in [6.07, 6.45) is 3.25. The van der Waals surface area contributed by atoms with Gasteiger partial charge in [-0.3, -0.25) is 9.59 Å². The van der Waals surface area contributed by atoms with Crippen molar-refractivity contribution in [3.63, 3.8) is 0 Å². The quantitative estimate of drug-likeness (QED) is 0.573. The van der Waals surface area contributed by atoms with E-state index in [-0.39, 0.29) is 30.2 Å². The fourth-order valence-corrected chi connectivity index (χ4v) is 4.90. The van der Waals surface area contributed by atoms with Crippen molar-refractivity contribution in [2.24, 2.45) is 11.8 Å². The Morgan fingerprint density at radius 2 is 1.77 bits per heavy atom. The minimum Gasteiger partial charge on any atom is -0.481 e. The summed E-state index contributed by atoms with van der Waals surface area (Å²) >= 11 is 12.4. The second-order valence-electron chi connectivity index (χ2n) is 8.46. The van der Waals surface area contributed by atoms with Gasteiger partial charge in [-0.1, -0.05) is 47.5 Å². The van der Waals surface area contributed by atoms with Crippen molar-refractivity contribution < 1.29 is 14.7 Å². The molecule has 0 bridgehead atoms. The molecular weight excluding hydrogens is 421 g/mol. The largest absolute Gasteiger partial charge is 0.481 e. The number of benzene rings is 2. The molecule has 1 saturated carbocycles. The molecule has 158 valence electrons. The van der Waals surface area contributed by atoms with Crippen molar-refractivity contribution in [1.29, 1.82) is 0 Å². The Hall–Kier alpha value is -2.04. The molecule has 4 nitrogen and oxygen atoms in total. The van der Waals surface area contributed by atoms with E-state index < -0.39 is 5.97 Å². The minimum atomic E-state index is -0.865. The molecule has 1 aliphatic heterocycles. The van der Waals surface area contributed by atoms with E-state index in [2.05, 4.69) is 6.07 Å². The Balaban J connectivity index is 1.75. The number of likely N-dealkylation sites (tertiary alicyclic amines) is 1. The fourth-order valence-electron chi connectivity index (χ4n) is 4.57. The van der Waals surface area contributed by atoms with E-state index in [1.807, 2.05) is 47.4 Å². The number of halogens is 2. The van der Waals surface area contributed by atoms with Crippen molar-refractivity contribution >= 4 is 35.1 Å². The van der Waals surface area contributed by atoms with Crippen molar-refractivity contribution in [3.05, 3.63) is 69.7 Å². The number of aliphatic carboxylic acids is 1.